The van der Waals surface area contributed by atoms with Gasteiger partial charge >= 0.3 is 0 Å². The van der Waals surface area contributed by atoms with E-state index in [1.165, 1.54) is 0 Å². The third kappa shape index (κ3) is 6.32. The van der Waals surface area contributed by atoms with Crippen molar-refractivity contribution in [1.29, 1.82) is 0 Å². The Morgan fingerprint density at radius 3 is 2.74 bits per heavy atom. The van der Waals surface area contributed by atoms with Crippen molar-refractivity contribution in [3.63, 3.8) is 0 Å². The van der Waals surface area contributed by atoms with Gasteiger partial charge in [-0.2, -0.15) is 4.98 Å². The van der Waals surface area contributed by atoms with Gasteiger partial charge in [0.25, 0.3) is 0 Å². The van der Waals surface area contributed by atoms with Crippen LogP contribution < -0.4 is 5.32 Å². The predicted molar refractivity (Wildman–Crippen MR) is 89.2 cm³/mol. The highest BCUT2D eigenvalue weighted by molar-refractivity contribution is 7.84. The summed E-state index contributed by atoms with van der Waals surface area (Å²) in [7, 11) is -1.21. The van der Waals surface area contributed by atoms with Crippen LogP contribution in [0, 0.1) is 5.92 Å². The SMILES string of the molecule is CC(C)Cc1noc(CS(=O)CCC(=O)Nc2ccccc2)n1. The van der Waals surface area contributed by atoms with E-state index in [2.05, 4.69) is 29.3 Å². The highest BCUT2D eigenvalue weighted by Crippen LogP contribution is 2.08. The van der Waals surface area contributed by atoms with Gasteiger partial charge in [0, 0.05) is 35.1 Å². The number of amides is 1. The second-order valence-electron chi connectivity index (χ2n) is 5.65. The summed E-state index contributed by atoms with van der Waals surface area (Å²) in [5.74, 6) is 1.73. The van der Waals surface area contributed by atoms with Crippen LogP contribution in [-0.2, 0) is 27.8 Å². The van der Waals surface area contributed by atoms with Crippen molar-refractivity contribution >= 4 is 22.4 Å². The summed E-state index contributed by atoms with van der Waals surface area (Å²) in [5, 5.41) is 6.62. The Bertz CT molecular complexity index is 656. The van der Waals surface area contributed by atoms with E-state index in [9.17, 15) is 9.00 Å². The van der Waals surface area contributed by atoms with Gasteiger partial charge in [-0.1, -0.05) is 37.2 Å². The van der Waals surface area contributed by atoms with E-state index in [4.69, 9.17) is 4.52 Å². The first kappa shape index (κ1) is 17.3. The molecule has 7 heteroatoms. The first-order chi connectivity index (χ1) is 11.0. The number of aromatic nitrogens is 2. The van der Waals surface area contributed by atoms with E-state index >= 15 is 0 Å². The molecule has 6 nitrogen and oxygen atoms in total. The van der Waals surface area contributed by atoms with E-state index in [1.54, 1.807) is 0 Å². The average molecular weight is 335 g/mol. The highest BCUT2D eigenvalue weighted by atomic mass is 32.2. The number of carbonyl (C=O) groups excluding carboxylic acids is 1. The van der Waals surface area contributed by atoms with E-state index in [-0.39, 0.29) is 23.8 Å². The van der Waals surface area contributed by atoms with Crippen LogP contribution in [0.4, 0.5) is 5.69 Å². The molecule has 1 N–H and O–H groups in total. The summed E-state index contributed by atoms with van der Waals surface area (Å²) >= 11 is 0. The Morgan fingerprint density at radius 1 is 1.30 bits per heavy atom. The first-order valence-electron chi connectivity index (χ1n) is 7.54. The number of hydrogen-bond donors (Lipinski definition) is 1. The Kier molecular flexibility index (Phi) is 6.46. The lowest BCUT2D eigenvalue weighted by Crippen LogP contribution is -2.15. The third-order valence-electron chi connectivity index (χ3n) is 3.00. The van der Waals surface area contributed by atoms with Crippen LogP contribution in [0.1, 0.15) is 32.0 Å². The number of rotatable bonds is 8. The van der Waals surface area contributed by atoms with Crippen molar-refractivity contribution in [3.05, 3.63) is 42.0 Å². The zero-order chi connectivity index (χ0) is 16.7. The fourth-order valence-corrected chi connectivity index (χ4v) is 2.91. The molecule has 2 rings (SSSR count). The van der Waals surface area contributed by atoms with E-state index < -0.39 is 10.8 Å². The minimum atomic E-state index is -1.21. The van der Waals surface area contributed by atoms with Crippen molar-refractivity contribution in [2.24, 2.45) is 5.92 Å². The number of hydrogen-bond acceptors (Lipinski definition) is 5. The molecule has 1 heterocycles. The number of para-hydroxylation sites is 1. The summed E-state index contributed by atoms with van der Waals surface area (Å²) in [6.07, 6.45) is 0.921. The second kappa shape index (κ2) is 8.57. The molecule has 0 radical (unpaired) electrons. The van der Waals surface area contributed by atoms with Crippen molar-refractivity contribution in [1.82, 2.24) is 10.1 Å². The highest BCUT2D eigenvalue weighted by Gasteiger charge is 2.12. The summed E-state index contributed by atoms with van der Waals surface area (Å²) < 4.78 is 17.1. The minimum absolute atomic E-state index is 0.157. The second-order valence-corrected chi connectivity index (χ2v) is 7.23. The van der Waals surface area contributed by atoms with Crippen LogP contribution in [0.15, 0.2) is 34.9 Å². The smallest absolute Gasteiger partial charge is 0.239 e. The lowest BCUT2D eigenvalue weighted by Gasteiger charge is -2.04. The Balaban J connectivity index is 1.74. The number of benzene rings is 1. The molecular weight excluding hydrogens is 314 g/mol. The largest absolute Gasteiger partial charge is 0.338 e. The molecule has 124 valence electrons. The number of nitrogens with one attached hydrogen (secondary N) is 1. The molecule has 1 aromatic heterocycles. The fraction of sp³-hybridized carbons (Fsp3) is 0.438. The summed E-state index contributed by atoms with van der Waals surface area (Å²) in [4.78, 5) is 16.0. The molecule has 0 aliphatic rings. The molecule has 0 spiro atoms. The molecule has 0 saturated heterocycles. The Labute approximate surface area is 138 Å². The quantitative estimate of drug-likeness (QED) is 0.801. The summed E-state index contributed by atoms with van der Waals surface area (Å²) in [6, 6.07) is 9.19. The molecule has 2 aromatic rings. The third-order valence-corrected chi connectivity index (χ3v) is 4.23. The fourth-order valence-electron chi connectivity index (χ4n) is 1.96. The summed E-state index contributed by atoms with van der Waals surface area (Å²) in [6.45, 7) is 4.14. The molecular formula is C16H21N3O3S. The van der Waals surface area contributed by atoms with Gasteiger partial charge in [-0.25, -0.2) is 0 Å². The molecule has 23 heavy (non-hydrogen) atoms. The average Bonchev–Trinajstić information content (AvgIpc) is 2.92. The minimum Gasteiger partial charge on any atom is -0.338 e. The van der Waals surface area contributed by atoms with Crippen LogP contribution in [0.3, 0.4) is 0 Å². The maximum absolute atomic E-state index is 12.0. The molecule has 0 aliphatic carbocycles. The van der Waals surface area contributed by atoms with Crippen LogP contribution in [0.25, 0.3) is 0 Å². The zero-order valence-corrected chi connectivity index (χ0v) is 14.1. The van der Waals surface area contributed by atoms with Crippen molar-refractivity contribution < 1.29 is 13.5 Å². The molecule has 0 bridgehead atoms. The standard InChI is InChI=1S/C16H21N3O3S/c1-12(2)10-14-18-16(22-19-14)11-23(21)9-8-15(20)17-13-6-4-3-5-7-13/h3-7,12H,8-11H2,1-2H3,(H,17,20). The van der Waals surface area contributed by atoms with Gasteiger partial charge in [-0.15, -0.1) is 0 Å². The van der Waals surface area contributed by atoms with Crippen molar-refractivity contribution in [2.45, 2.75) is 32.4 Å². The van der Waals surface area contributed by atoms with Gasteiger partial charge in [-0.05, 0) is 18.1 Å². The number of carbonyl (C=O) groups is 1. The maximum atomic E-state index is 12.0. The molecule has 1 amide bonds. The van der Waals surface area contributed by atoms with Crippen molar-refractivity contribution in [2.75, 3.05) is 11.1 Å². The maximum Gasteiger partial charge on any atom is 0.239 e. The first-order valence-corrected chi connectivity index (χ1v) is 9.03. The topological polar surface area (TPSA) is 85.1 Å². The van der Waals surface area contributed by atoms with E-state index in [1.807, 2.05) is 30.3 Å². The van der Waals surface area contributed by atoms with Gasteiger partial charge in [0.15, 0.2) is 5.82 Å². The molecule has 0 fully saturated rings. The van der Waals surface area contributed by atoms with Crippen molar-refractivity contribution in [3.8, 4) is 0 Å². The number of nitrogens with zero attached hydrogens (tertiary/aromatic N) is 2. The van der Waals surface area contributed by atoms with E-state index in [0.717, 1.165) is 12.1 Å². The van der Waals surface area contributed by atoms with Gasteiger partial charge < -0.3 is 9.84 Å². The molecule has 1 aromatic carbocycles. The van der Waals surface area contributed by atoms with Crippen LogP contribution >= 0.6 is 0 Å². The molecule has 0 aliphatic heterocycles. The Hall–Kier alpha value is -2.02. The van der Waals surface area contributed by atoms with Gasteiger partial charge in [0.2, 0.25) is 11.8 Å². The van der Waals surface area contributed by atoms with E-state index in [0.29, 0.717) is 17.6 Å². The number of anilines is 1. The normalized spacial score (nSPS) is 12.3. The van der Waals surface area contributed by atoms with Crippen LogP contribution in [0.2, 0.25) is 0 Å². The van der Waals surface area contributed by atoms with Gasteiger partial charge in [0.1, 0.15) is 5.75 Å². The van der Waals surface area contributed by atoms with Crippen LogP contribution in [0.5, 0.6) is 0 Å². The van der Waals surface area contributed by atoms with Gasteiger partial charge in [0.05, 0.1) is 0 Å². The monoisotopic (exact) mass is 335 g/mol. The van der Waals surface area contributed by atoms with Crippen LogP contribution in [-0.4, -0.2) is 26.0 Å². The molecule has 0 saturated carbocycles. The van der Waals surface area contributed by atoms with Gasteiger partial charge in [-0.3, -0.25) is 9.00 Å². The zero-order valence-electron chi connectivity index (χ0n) is 13.3. The predicted octanol–water partition coefficient (Wildman–Crippen LogP) is 2.55. The lowest BCUT2D eigenvalue weighted by molar-refractivity contribution is -0.115. The lowest BCUT2D eigenvalue weighted by atomic mass is 10.1. The Morgan fingerprint density at radius 2 is 2.04 bits per heavy atom. The summed E-state index contributed by atoms with van der Waals surface area (Å²) in [5.41, 5.74) is 0.735. The molecule has 1 unspecified atom stereocenters. The molecule has 1 atom stereocenters.